The molecule has 7 heteroatoms. The summed E-state index contributed by atoms with van der Waals surface area (Å²) in [6.45, 7) is 5.16. The lowest BCUT2D eigenvalue weighted by Crippen LogP contribution is -2.57. The third kappa shape index (κ3) is 3.82. The van der Waals surface area contributed by atoms with Gasteiger partial charge in [0.25, 0.3) is 5.91 Å². The molecule has 0 atom stereocenters. The average molecular weight is 485 g/mol. The average Bonchev–Trinajstić information content (AvgIpc) is 3.28. The van der Waals surface area contributed by atoms with Gasteiger partial charge in [0.1, 0.15) is 12.4 Å². The molecule has 2 aliphatic heterocycles. The number of fused-ring (bicyclic) bond motifs is 5. The Bertz CT molecular complexity index is 1300. The van der Waals surface area contributed by atoms with Gasteiger partial charge in [-0.2, -0.15) is 0 Å². The van der Waals surface area contributed by atoms with Crippen LogP contribution in [0.1, 0.15) is 46.4 Å². The van der Waals surface area contributed by atoms with E-state index in [0.29, 0.717) is 6.61 Å². The lowest BCUT2D eigenvalue weighted by Gasteiger charge is -2.45. The quantitative estimate of drug-likeness (QED) is 0.577. The molecule has 3 aromatic rings. The number of aryl methyl sites for hydroxylation is 1. The second-order valence-electron chi connectivity index (χ2n) is 10.7. The Morgan fingerprint density at radius 3 is 2.72 bits per heavy atom. The first kappa shape index (κ1) is 22.1. The number of morpholine rings is 1. The number of nitrogens with one attached hydrogen (secondary N) is 2. The van der Waals surface area contributed by atoms with Crippen LogP contribution in [0.3, 0.4) is 0 Å². The number of amides is 1. The Morgan fingerprint density at radius 2 is 1.94 bits per heavy atom. The first-order valence-electron chi connectivity index (χ1n) is 13.3. The number of aromatic amines is 1. The summed E-state index contributed by atoms with van der Waals surface area (Å²) in [5, 5.41) is 3.33. The minimum atomic E-state index is -0.0181. The van der Waals surface area contributed by atoms with E-state index in [2.05, 4.69) is 33.4 Å². The Kier molecular flexibility index (Phi) is 5.36. The zero-order valence-electron chi connectivity index (χ0n) is 20.6. The van der Waals surface area contributed by atoms with Crippen molar-refractivity contribution in [1.29, 1.82) is 0 Å². The van der Waals surface area contributed by atoms with E-state index in [4.69, 9.17) is 14.5 Å². The number of benzene rings is 1. The molecule has 36 heavy (non-hydrogen) atoms. The minimum absolute atomic E-state index is 0.0181. The van der Waals surface area contributed by atoms with Crippen LogP contribution in [0.15, 0.2) is 36.5 Å². The number of aromatic nitrogens is 2. The molecule has 7 nitrogen and oxygen atoms in total. The number of H-pyrrole nitrogens is 1. The Morgan fingerprint density at radius 1 is 1.11 bits per heavy atom. The van der Waals surface area contributed by atoms with E-state index in [-0.39, 0.29) is 11.4 Å². The van der Waals surface area contributed by atoms with Gasteiger partial charge in [0.15, 0.2) is 0 Å². The van der Waals surface area contributed by atoms with Gasteiger partial charge in [-0.15, -0.1) is 0 Å². The molecule has 1 saturated carbocycles. The normalized spacial score (nSPS) is 20.2. The van der Waals surface area contributed by atoms with Crippen molar-refractivity contribution in [3.05, 3.63) is 58.9 Å². The van der Waals surface area contributed by atoms with Gasteiger partial charge in [-0.25, -0.2) is 0 Å². The molecule has 2 aromatic heterocycles. The molecule has 7 rings (SSSR count). The van der Waals surface area contributed by atoms with E-state index in [1.807, 2.05) is 18.3 Å². The van der Waals surface area contributed by atoms with Crippen molar-refractivity contribution in [2.24, 2.45) is 0 Å². The number of hydrogen-bond donors (Lipinski definition) is 2. The fourth-order valence-corrected chi connectivity index (χ4v) is 6.25. The van der Waals surface area contributed by atoms with Crippen molar-refractivity contribution in [3.8, 4) is 28.3 Å². The highest BCUT2D eigenvalue weighted by molar-refractivity contribution is 6.01. The number of carbonyl (C=O) groups excluding carboxylic acids is 1. The fourth-order valence-electron chi connectivity index (χ4n) is 6.25. The molecule has 2 N–H and O–H groups in total. The minimum Gasteiger partial charge on any atom is -0.492 e. The number of nitrogens with zero attached hydrogens (tertiary/aromatic N) is 2. The van der Waals surface area contributed by atoms with E-state index in [0.717, 1.165) is 98.9 Å². The number of hydrogen-bond acceptors (Lipinski definition) is 5. The molecular formula is C29H32N4O3. The Balaban J connectivity index is 1.11. The van der Waals surface area contributed by atoms with Crippen LogP contribution in [0, 0.1) is 0 Å². The summed E-state index contributed by atoms with van der Waals surface area (Å²) < 4.78 is 11.4. The molecule has 1 saturated heterocycles. The number of carbonyl (C=O) groups is 1. The van der Waals surface area contributed by atoms with Crippen molar-refractivity contribution >= 4 is 5.91 Å². The molecule has 0 bridgehead atoms. The van der Waals surface area contributed by atoms with Crippen molar-refractivity contribution in [2.75, 3.05) is 39.5 Å². The second kappa shape index (κ2) is 8.75. The number of ether oxygens (including phenoxy) is 2. The van der Waals surface area contributed by atoms with Gasteiger partial charge in [0.05, 0.1) is 30.2 Å². The van der Waals surface area contributed by atoms with Crippen molar-refractivity contribution in [1.82, 2.24) is 20.2 Å². The molecule has 4 heterocycles. The van der Waals surface area contributed by atoms with Crippen LogP contribution in [-0.4, -0.2) is 65.8 Å². The highest BCUT2D eigenvalue weighted by Gasteiger charge is 2.45. The molecule has 0 unspecified atom stereocenters. The molecule has 2 fully saturated rings. The standard InChI is InChI=1S/C29H32N4O3/c34-28-26-22-7-4-20-18-30-24(16-23(20)27(22)31-25(26)17-29(32-28)8-1-9-29)19-2-5-21(6-3-19)36-15-12-33-10-13-35-14-11-33/h2-3,5-6,16,18,31H,1,4,7-15,17H2,(H,32,34). The molecule has 186 valence electrons. The predicted molar refractivity (Wildman–Crippen MR) is 137 cm³/mol. The van der Waals surface area contributed by atoms with E-state index in [1.165, 1.54) is 23.1 Å². The molecular weight excluding hydrogens is 452 g/mol. The molecule has 2 aliphatic carbocycles. The van der Waals surface area contributed by atoms with Gasteiger partial charge in [-0.1, -0.05) is 0 Å². The third-order valence-corrected chi connectivity index (χ3v) is 8.44. The highest BCUT2D eigenvalue weighted by atomic mass is 16.5. The maximum atomic E-state index is 13.1. The molecule has 1 aromatic carbocycles. The first-order valence-corrected chi connectivity index (χ1v) is 13.3. The first-order chi connectivity index (χ1) is 17.7. The summed E-state index contributed by atoms with van der Waals surface area (Å²) in [7, 11) is 0. The topological polar surface area (TPSA) is 79.5 Å². The second-order valence-corrected chi connectivity index (χ2v) is 10.7. The van der Waals surface area contributed by atoms with Crippen LogP contribution < -0.4 is 10.1 Å². The summed E-state index contributed by atoms with van der Waals surface area (Å²) in [5.74, 6) is 0.982. The Hall–Kier alpha value is -3.16. The maximum Gasteiger partial charge on any atom is 0.253 e. The molecule has 0 radical (unpaired) electrons. The fraction of sp³-hybridized carbons (Fsp3) is 0.448. The molecule has 4 aliphatic rings. The highest BCUT2D eigenvalue weighted by Crippen LogP contribution is 2.43. The van der Waals surface area contributed by atoms with Crippen LogP contribution >= 0.6 is 0 Å². The van der Waals surface area contributed by atoms with Crippen LogP contribution in [0.5, 0.6) is 5.75 Å². The lowest BCUT2D eigenvalue weighted by molar-refractivity contribution is 0.0322. The zero-order valence-corrected chi connectivity index (χ0v) is 20.6. The molecule has 1 amide bonds. The predicted octanol–water partition coefficient (Wildman–Crippen LogP) is 3.76. The number of rotatable bonds is 5. The van der Waals surface area contributed by atoms with Crippen molar-refractivity contribution in [2.45, 2.75) is 44.1 Å². The van der Waals surface area contributed by atoms with E-state index < -0.39 is 0 Å². The third-order valence-electron chi connectivity index (χ3n) is 8.44. The van der Waals surface area contributed by atoms with Gasteiger partial charge >= 0.3 is 0 Å². The number of pyridine rings is 1. The SMILES string of the molecule is O=C1NC2(CCC2)Cc2[nH]c3c(c21)CCc1cnc(-c2ccc(OCCN4CCOCC4)cc2)cc1-3. The molecule has 1 spiro atoms. The maximum absolute atomic E-state index is 13.1. The lowest BCUT2D eigenvalue weighted by atomic mass is 9.71. The largest absolute Gasteiger partial charge is 0.492 e. The van der Waals surface area contributed by atoms with Gasteiger partial charge in [0, 0.05) is 54.6 Å². The van der Waals surface area contributed by atoms with Gasteiger partial charge in [-0.05, 0) is 73.6 Å². The summed E-state index contributed by atoms with van der Waals surface area (Å²) in [6, 6.07) is 10.4. The van der Waals surface area contributed by atoms with E-state index >= 15 is 0 Å². The Labute approximate surface area is 211 Å². The summed E-state index contributed by atoms with van der Waals surface area (Å²) in [6.07, 6.45) is 8.08. The van der Waals surface area contributed by atoms with Gasteiger partial charge in [0.2, 0.25) is 0 Å². The van der Waals surface area contributed by atoms with Crippen LogP contribution in [0.25, 0.3) is 22.5 Å². The van der Waals surface area contributed by atoms with E-state index in [1.54, 1.807) is 0 Å². The van der Waals surface area contributed by atoms with Crippen LogP contribution in [0.2, 0.25) is 0 Å². The monoisotopic (exact) mass is 484 g/mol. The van der Waals surface area contributed by atoms with Crippen LogP contribution in [-0.2, 0) is 24.0 Å². The van der Waals surface area contributed by atoms with Crippen LogP contribution in [0.4, 0.5) is 0 Å². The van der Waals surface area contributed by atoms with Crippen molar-refractivity contribution in [3.63, 3.8) is 0 Å². The van der Waals surface area contributed by atoms with E-state index in [9.17, 15) is 4.79 Å². The smallest absolute Gasteiger partial charge is 0.253 e. The van der Waals surface area contributed by atoms with Gasteiger partial charge < -0.3 is 19.8 Å². The van der Waals surface area contributed by atoms with Gasteiger partial charge in [-0.3, -0.25) is 14.7 Å². The summed E-state index contributed by atoms with van der Waals surface area (Å²) >= 11 is 0. The zero-order chi connectivity index (χ0) is 24.1. The van der Waals surface area contributed by atoms with Crippen molar-refractivity contribution < 1.29 is 14.3 Å². The summed E-state index contributed by atoms with van der Waals surface area (Å²) in [5.41, 5.74) is 8.70. The summed E-state index contributed by atoms with van der Waals surface area (Å²) in [4.78, 5) is 23.9.